The number of hydrogen-bond acceptors (Lipinski definition) is 3. The van der Waals surface area contributed by atoms with Crippen molar-refractivity contribution in [3.8, 4) is 0 Å². The third kappa shape index (κ3) is 3.23. The van der Waals surface area contributed by atoms with Gasteiger partial charge in [0.2, 0.25) is 0 Å². The molecule has 84 valence electrons. The topological polar surface area (TPSA) is 44.5 Å². The molecule has 14 heavy (non-hydrogen) atoms. The van der Waals surface area contributed by atoms with Gasteiger partial charge in [0, 0.05) is 12.5 Å². The molecule has 1 aliphatic heterocycles. The molecule has 2 N–H and O–H groups in total. The monoisotopic (exact) mass is 201 g/mol. The second-order valence-electron chi connectivity index (χ2n) is 4.01. The standard InChI is InChI=1S/C11H23NO2/c1-3-5-6-9(4-2)11-13-8-10(7-12)14-11/h9-11H,3-8,12H2,1-2H3. The Labute approximate surface area is 86.9 Å². The van der Waals surface area contributed by atoms with E-state index in [9.17, 15) is 0 Å². The van der Waals surface area contributed by atoms with Crippen molar-refractivity contribution in [2.75, 3.05) is 13.2 Å². The highest BCUT2D eigenvalue weighted by atomic mass is 16.7. The molecule has 1 rings (SSSR count). The zero-order chi connectivity index (χ0) is 10.4. The zero-order valence-corrected chi connectivity index (χ0v) is 9.37. The molecule has 0 aromatic heterocycles. The molecule has 0 aromatic carbocycles. The molecule has 1 saturated heterocycles. The number of rotatable bonds is 6. The van der Waals surface area contributed by atoms with Gasteiger partial charge in [-0.05, 0) is 12.8 Å². The van der Waals surface area contributed by atoms with E-state index in [0.717, 1.165) is 6.42 Å². The van der Waals surface area contributed by atoms with Crippen LogP contribution in [0.25, 0.3) is 0 Å². The number of unbranched alkanes of at least 4 members (excludes halogenated alkanes) is 1. The molecule has 1 aliphatic rings. The molecule has 1 heterocycles. The van der Waals surface area contributed by atoms with Crippen molar-refractivity contribution in [3.63, 3.8) is 0 Å². The minimum atomic E-state index is 0.0000926. The third-order valence-electron chi connectivity index (χ3n) is 2.87. The molecular weight excluding hydrogens is 178 g/mol. The second kappa shape index (κ2) is 6.38. The summed E-state index contributed by atoms with van der Waals surface area (Å²) in [5, 5.41) is 0. The van der Waals surface area contributed by atoms with Gasteiger partial charge in [-0.15, -0.1) is 0 Å². The molecule has 1 fully saturated rings. The smallest absolute Gasteiger partial charge is 0.161 e. The molecule has 3 unspecified atom stereocenters. The largest absolute Gasteiger partial charge is 0.350 e. The molecule has 0 spiro atoms. The molecule has 0 radical (unpaired) electrons. The predicted molar refractivity (Wildman–Crippen MR) is 57.0 cm³/mol. The average Bonchev–Trinajstić information content (AvgIpc) is 2.68. The minimum Gasteiger partial charge on any atom is -0.350 e. The van der Waals surface area contributed by atoms with Crippen LogP contribution in [0, 0.1) is 5.92 Å². The van der Waals surface area contributed by atoms with E-state index in [2.05, 4.69) is 13.8 Å². The maximum absolute atomic E-state index is 5.71. The second-order valence-corrected chi connectivity index (χ2v) is 4.01. The van der Waals surface area contributed by atoms with E-state index < -0.39 is 0 Å². The van der Waals surface area contributed by atoms with Gasteiger partial charge in [0.15, 0.2) is 6.29 Å². The summed E-state index contributed by atoms with van der Waals surface area (Å²) in [5.41, 5.74) is 5.53. The van der Waals surface area contributed by atoms with E-state index in [4.69, 9.17) is 15.2 Å². The van der Waals surface area contributed by atoms with Crippen LogP contribution in [0.2, 0.25) is 0 Å². The van der Waals surface area contributed by atoms with Gasteiger partial charge in [0.1, 0.15) is 0 Å². The first-order chi connectivity index (χ1) is 6.81. The molecule has 3 nitrogen and oxygen atoms in total. The first-order valence-corrected chi connectivity index (χ1v) is 5.78. The van der Waals surface area contributed by atoms with Gasteiger partial charge in [-0.1, -0.05) is 26.7 Å². The fraction of sp³-hybridized carbons (Fsp3) is 1.00. The summed E-state index contributed by atoms with van der Waals surface area (Å²) in [6.45, 7) is 5.65. The van der Waals surface area contributed by atoms with Gasteiger partial charge in [-0.2, -0.15) is 0 Å². The molecule has 0 saturated carbocycles. The van der Waals surface area contributed by atoms with E-state index in [0.29, 0.717) is 19.1 Å². The quantitative estimate of drug-likeness (QED) is 0.714. The summed E-state index contributed by atoms with van der Waals surface area (Å²) in [7, 11) is 0. The van der Waals surface area contributed by atoms with Crippen LogP contribution in [0.5, 0.6) is 0 Å². The lowest BCUT2D eigenvalue weighted by Crippen LogP contribution is -2.25. The van der Waals surface area contributed by atoms with E-state index in [-0.39, 0.29) is 12.4 Å². The number of hydrogen-bond donors (Lipinski definition) is 1. The Morgan fingerprint density at radius 2 is 2.21 bits per heavy atom. The maximum Gasteiger partial charge on any atom is 0.161 e. The van der Waals surface area contributed by atoms with E-state index in [1.165, 1.54) is 19.3 Å². The van der Waals surface area contributed by atoms with Crippen molar-refractivity contribution < 1.29 is 9.47 Å². The van der Waals surface area contributed by atoms with Crippen molar-refractivity contribution in [1.82, 2.24) is 0 Å². The lowest BCUT2D eigenvalue weighted by Gasteiger charge is -2.20. The van der Waals surface area contributed by atoms with E-state index >= 15 is 0 Å². The summed E-state index contributed by atoms with van der Waals surface area (Å²) in [6.07, 6.45) is 4.95. The van der Waals surface area contributed by atoms with Crippen molar-refractivity contribution in [1.29, 1.82) is 0 Å². The Kier molecular flexibility index (Phi) is 5.45. The molecule has 0 amide bonds. The van der Waals surface area contributed by atoms with Crippen LogP contribution in [-0.4, -0.2) is 25.5 Å². The molecular formula is C11H23NO2. The summed E-state index contributed by atoms with van der Waals surface area (Å²) >= 11 is 0. The van der Waals surface area contributed by atoms with Crippen LogP contribution in [0.3, 0.4) is 0 Å². The fourth-order valence-corrected chi connectivity index (χ4v) is 1.84. The Bertz CT molecular complexity index is 152. The molecule has 3 heteroatoms. The van der Waals surface area contributed by atoms with Gasteiger partial charge >= 0.3 is 0 Å². The van der Waals surface area contributed by atoms with Gasteiger partial charge in [0.25, 0.3) is 0 Å². The Morgan fingerprint density at radius 3 is 2.71 bits per heavy atom. The van der Waals surface area contributed by atoms with Gasteiger partial charge in [0.05, 0.1) is 12.7 Å². The van der Waals surface area contributed by atoms with Crippen LogP contribution >= 0.6 is 0 Å². The number of nitrogens with two attached hydrogens (primary N) is 1. The van der Waals surface area contributed by atoms with Gasteiger partial charge < -0.3 is 15.2 Å². The molecule has 0 aliphatic carbocycles. The van der Waals surface area contributed by atoms with Crippen molar-refractivity contribution >= 4 is 0 Å². The summed E-state index contributed by atoms with van der Waals surface area (Å²) < 4.78 is 11.3. The minimum absolute atomic E-state index is 0.0000926. The number of ether oxygens (including phenoxy) is 2. The van der Waals surface area contributed by atoms with Crippen LogP contribution in [0.1, 0.15) is 39.5 Å². The first-order valence-electron chi connectivity index (χ1n) is 5.78. The van der Waals surface area contributed by atoms with Crippen molar-refractivity contribution in [2.45, 2.75) is 51.9 Å². The third-order valence-corrected chi connectivity index (χ3v) is 2.87. The first kappa shape index (κ1) is 12.0. The molecule has 0 aromatic rings. The van der Waals surface area contributed by atoms with Crippen molar-refractivity contribution in [3.05, 3.63) is 0 Å². The van der Waals surface area contributed by atoms with Crippen LogP contribution in [-0.2, 0) is 9.47 Å². The predicted octanol–water partition coefficient (Wildman–Crippen LogP) is 1.90. The highest BCUT2D eigenvalue weighted by molar-refractivity contribution is 4.71. The van der Waals surface area contributed by atoms with E-state index in [1.807, 2.05) is 0 Å². The van der Waals surface area contributed by atoms with Crippen molar-refractivity contribution in [2.24, 2.45) is 11.7 Å². The average molecular weight is 201 g/mol. The lowest BCUT2D eigenvalue weighted by molar-refractivity contribution is -0.0983. The highest BCUT2D eigenvalue weighted by Gasteiger charge is 2.30. The summed E-state index contributed by atoms with van der Waals surface area (Å²) in [5.74, 6) is 0.548. The zero-order valence-electron chi connectivity index (χ0n) is 9.37. The van der Waals surface area contributed by atoms with Crippen LogP contribution < -0.4 is 5.73 Å². The van der Waals surface area contributed by atoms with Crippen LogP contribution in [0.4, 0.5) is 0 Å². The van der Waals surface area contributed by atoms with E-state index in [1.54, 1.807) is 0 Å². The molecule has 0 bridgehead atoms. The van der Waals surface area contributed by atoms with Gasteiger partial charge in [-0.3, -0.25) is 0 Å². The molecule has 3 atom stereocenters. The SMILES string of the molecule is CCCCC(CC)C1OCC(CN)O1. The Hall–Kier alpha value is -0.120. The van der Waals surface area contributed by atoms with Crippen LogP contribution in [0.15, 0.2) is 0 Å². The summed E-state index contributed by atoms with van der Waals surface area (Å²) in [6, 6.07) is 0. The summed E-state index contributed by atoms with van der Waals surface area (Å²) in [4.78, 5) is 0. The fourth-order valence-electron chi connectivity index (χ4n) is 1.84. The Morgan fingerprint density at radius 1 is 1.43 bits per heavy atom. The Balaban J connectivity index is 2.30. The highest BCUT2D eigenvalue weighted by Crippen LogP contribution is 2.25. The normalized spacial score (nSPS) is 29.4. The van der Waals surface area contributed by atoms with Gasteiger partial charge in [-0.25, -0.2) is 0 Å². The lowest BCUT2D eigenvalue weighted by atomic mass is 9.99. The maximum atomic E-state index is 5.71.